The molecule has 1 atom stereocenters. The Kier molecular flexibility index (Phi) is 4.67. The van der Waals surface area contributed by atoms with Gasteiger partial charge in [0.15, 0.2) is 0 Å². The lowest BCUT2D eigenvalue weighted by molar-refractivity contribution is -0.116. The van der Waals surface area contributed by atoms with Gasteiger partial charge in [0, 0.05) is 13.6 Å². The number of hydrogen-bond donors (Lipinski definition) is 1. The Labute approximate surface area is 56.7 Å². The molecule has 0 aromatic heterocycles. The normalized spacial score (nSPS) is 14.3. The molecule has 0 saturated heterocycles. The minimum absolute atomic E-state index is 0.509. The van der Waals surface area contributed by atoms with Gasteiger partial charge in [0.2, 0.25) is 0 Å². The summed E-state index contributed by atoms with van der Waals surface area (Å²) >= 11 is 0. The van der Waals surface area contributed by atoms with E-state index in [1.807, 2.05) is 7.05 Å². The fraction of sp³-hybridized carbons (Fsp3) is 1.00. The molecular weight excluding hydrogens is 116 g/mol. The van der Waals surface area contributed by atoms with E-state index < -0.39 is 0 Å². The van der Waals surface area contributed by atoms with E-state index in [9.17, 15) is 0 Å². The second kappa shape index (κ2) is 4.73. The molecule has 0 aliphatic rings. The smallest absolute Gasteiger partial charge is 0.0575 e. The van der Waals surface area contributed by atoms with Crippen LogP contribution in [0.1, 0.15) is 6.92 Å². The predicted molar refractivity (Wildman–Crippen MR) is 37.9 cm³/mol. The van der Waals surface area contributed by atoms with Crippen molar-refractivity contribution in [3.8, 4) is 0 Å². The van der Waals surface area contributed by atoms with Crippen molar-refractivity contribution >= 4 is 0 Å². The highest BCUT2D eigenvalue weighted by Gasteiger charge is 2.01. The van der Waals surface area contributed by atoms with Gasteiger partial charge in [0.1, 0.15) is 0 Å². The van der Waals surface area contributed by atoms with Crippen LogP contribution in [0.5, 0.6) is 0 Å². The maximum absolute atomic E-state index is 5.39. The molecule has 2 N–H and O–H groups in total. The van der Waals surface area contributed by atoms with Crippen LogP contribution in [0.25, 0.3) is 0 Å². The zero-order valence-electron chi connectivity index (χ0n) is 6.42. The molecule has 9 heavy (non-hydrogen) atoms. The molecule has 0 fully saturated rings. The first-order valence-corrected chi connectivity index (χ1v) is 3.16. The lowest BCUT2D eigenvalue weighted by Crippen LogP contribution is -2.27. The van der Waals surface area contributed by atoms with Crippen molar-refractivity contribution in [1.29, 1.82) is 0 Å². The number of rotatable bonds is 4. The van der Waals surface area contributed by atoms with Gasteiger partial charge in [-0.15, -0.1) is 0 Å². The van der Waals surface area contributed by atoms with Gasteiger partial charge in [-0.1, -0.05) is 6.92 Å². The van der Waals surface area contributed by atoms with Crippen molar-refractivity contribution in [3.63, 3.8) is 0 Å². The van der Waals surface area contributed by atoms with Crippen molar-refractivity contribution in [2.75, 3.05) is 27.2 Å². The van der Waals surface area contributed by atoms with Crippen LogP contribution in [-0.2, 0) is 4.84 Å². The maximum atomic E-state index is 5.39. The topological polar surface area (TPSA) is 38.5 Å². The molecule has 0 saturated carbocycles. The van der Waals surface area contributed by atoms with Crippen molar-refractivity contribution in [2.45, 2.75) is 6.92 Å². The monoisotopic (exact) mass is 132 g/mol. The number of hydrogen-bond acceptors (Lipinski definition) is 3. The van der Waals surface area contributed by atoms with E-state index in [-0.39, 0.29) is 0 Å². The predicted octanol–water partition coefficient (Wildman–Crippen LogP) is 0.0744. The van der Waals surface area contributed by atoms with Crippen molar-refractivity contribution < 1.29 is 4.84 Å². The molecule has 0 bridgehead atoms. The highest BCUT2D eigenvalue weighted by molar-refractivity contribution is 4.52. The fourth-order valence-corrected chi connectivity index (χ4v) is 0.588. The van der Waals surface area contributed by atoms with E-state index in [1.165, 1.54) is 0 Å². The summed E-state index contributed by atoms with van der Waals surface area (Å²) in [5.74, 6) is 0.509. The van der Waals surface area contributed by atoms with Gasteiger partial charge < -0.3 is 10.6 Å². The molecule has 0 amide bonds. The lowest BCUT2D eigenvalue weighted by Gasteiger charge is -2.16. The molecule has 0 aliphatic heterocycles. The Morgan fingerprint density at radius 3 is 2.56 bits per heavy atom. The Morgan fingerprint density at radius 2 is 2.22 bits per heavy atom. The molecule has 0 aliphatic carbocycles. The van der Waals surface area contributed by atoms with Gasteiger partial charge in [-0.2, -0.15) is 5.06 Å². The highest BCUT2D eigenvalue weighted by Crippen LogP contribution is 1.93. The third-order valence-corrected chi connectivity index (χ3v) is 1.28. The van der Waals surface area contributed by atoms with Gasteiger partial charge in [0.25, 0.3) is 0 Å². The minimum atomic E-state index is 0.509. The van der Waals surface area contributed by atoms with Crippen LogP contribution in [0.3, 0.4) is 0 Å². The van der Waals surface area contributed by atoms with Gasteiger partial charge in [0.05, 0.1) is 7.11 Å². The first-order valence-electron chi connectivity index (χ1n) is 3.16. The summed E-state index contributed by atoms with van der Waals surface area (Å²) in [5, 5.41) is 1.78. The molecule has 3 heteroatoms. The Bertz CT molecular complexity index is 60.1. The molecule has 0 radical (unpaired) electrons. The molecule has 3 nitrogen and oxygen atoms in total. The zero-order valence-corrected chi connectivity index (χ0v) is 6.42. The van der Waals surface area contributed by atoms with Crippen molar-refractivity contribution in [3.05, 3.63) is 0 Å². The van der Waals surface area contributed by atoms with Crippen LogP contribution >= 0.6 is 0 Å². The quantitative estimate of drug-likeness (QED) is 0.550. The van der Waals surface area contributed by atoms with E-state index in [2.05, 4.69) is 6.92 Å². The van der Waals surface area contributed by atoms with Gasteiger partial charge in [-0.05, 0) is 12.5 Å². The van der Waals surface area contributed by atoms with E-state index in [0.717, 1.165) is 6.54 Å². The average molecular weight is 132 g/mol. The number of nitrogens with zero attached hydrogens (tertiary/aromatic N) is 1. The third-order valence-electron chi connectivity index (χ3n) is 1.28. The van der Waals surface area contributed by atoms with Crippen LogP contribution in [-0.4, -0.2) is 32.3 Å². The minimum Gasteiger partial charge on any atom is -0.330 e. The standard InChI is InChI=1S/C6H16N2O/c1-6(4-7)5-8(2)9-3/h6H,4-5,7H2,1-3H3. The number of hydroxylamine groups is 2. The molecule has 0 spiro atoms. The van der Waals surface area contributed by atoms with Crippen LogP contribution in [0.15, 0.2) is 0 Å². The Hall–Kier alpha value is -0.120. The molecular formula is C6H16N2O. The summed E-state index contributed by atoms with van der Waals surface area (Å²) in [4.78, 5) is 4.90. The molecule has 0 heterocycles. The summed E-state index contributed by atoms with van der Waals surface area (Å²) in [6.45, 7) is 3.70. The summed E-state index contributed by atoms with van der Waals surface area (Å²) < 4.78 is 0. The highest BCUT2D eigenvalue weighted by atomic mass is 16.7. The van der Waals surface area contributed by atoms with E-state index in [0.29, 0.717) is 12.5 Å². The second-order valence-electron chi connectivity index (χ2n) is 2.33. The second-order valence-corrected chi connectivity index (χ2v) is 2.33. The fourth-order valence-electron chi connectivity index (χ4n) is 0.588. The Balaban J connectivity index is 3.22. The van der Waals surface area contributed by atoms with Crippen LogP contribution in [0.4, 0.5) is 0 Å². The van der Waals surface area contributed by atoms with Crippen molar-refractivity contribution in [2.24, 2.45) is 11.7 Å². The van der Waals surface area contributed by atoms with E-state index in [4.69, 9.17) is 10.6 Å². The van der Waals surface area contributed by atoms with Crippen LogP contribution in [0.2, 0.25) is 0 Å². The number of nitrogens with two attached hydrogens (primary N) is 1. The summed E-state index contributed by atoms with van der Waals surface area (Å²) in [6, 6.07) is 0. The first kappa shape index (κ1) is 8.88. The third kappa shape index (κ3) is 4.39. The molecule has 0 rings (SSSR count). The first-order chi connectivity index (χ1) is 4.20. The molecule has 56 valence electrons. The summed E-state index contributed by atoms with van der Waals surface area (Å²) in [6.07, 6.45) is 0. The van der Waals surface area contributed by atoms with Gasteiger partial charge in [-0.3, -0.25) is 0 Å². The van der Waals surface area contributed by atoms with Crippen LogP contribution < -0.4 is 5.73 Å². The van der Waals surface area contributed by atoms with Gasteiger partial charge in [-0.25, -0.2) is 0 Å². The van der Waals surface area contributed by atoms with E-state index in [1.54, 1.807) is 12.2 Å². The van der Waals surface area contributed by atoms with E-state index >= 15 is 0 Å². The average Bonchev–Trinajstić information content (AvgIpc) is 1.87. The Morgan fingerprint density at radius 1 is 1.67 bits per heavy atom. The van der Waals surface area contributed by atoms with Crippen LogP contribution in [0, 0.1) is 5.92 Å². The largest absolute Gasteiger partial charge is 0.330 e. The summed E-state index contributed by atoms with van der Waals surface area (Å²) in [7, 11) is 3.55. The maximum Gasteiger partial charge on any atom is 0.0575 e. The summed E-state index contributed by atoms with van der Waals surface area (Å²) in [5.41, 5.74) is 5.39. The van der Waals surface area contributed by atoms with Gasteiger partial charge >= 0.3 is 0 Å². The molecule has 0 aromatic carbocycles. The molecule has 0 aromatic rings. The molecule has 1 unspecified atom stereocenters. The lowest BCUT2D eigenvalue weighted by atomic mass is 10.2. The SMILES string of the molecule is CON(C)CC(C)CN. The zero-order chi connectivity index (χ0) is 7.28. The van der Waals surface area contributed by atoms with Crippen molar-refractivity contribution in [1.82, 2.24) is 5.06 Å².